The molecular weight excluding hydrogens is 250 g/mol. The zero-order valence-electron chi connectivity index (χ0n) is 12.7. The predicted octanol–water partition coefficient (Wildman–Crippen LogP) is 3.30. The first-order chi connectivity index (χ1) is 9.59. The molecule has 2 unspecified atom stereocenters. The Bertz CT molecular complexity index is 394. The minimum absolute atomic E-state index is 0.146. The smallest absolute Gasteiger partial charge is 0.118 e. The molecule has 0 aliphatic carbocycles. The summed E-state index contributed by atoms with van der Waals surface area (Å²) in [7, 11) is 1.69. The summed E-state index contributed by atoms with van der Waals surface area (Å²) in [4.78, 5) is 0. The standard InChI is InChI=1S/C17H27NO2/c1-17(18,11-3-5-16-6-4-12-20-16)13-14-7-9-15(19-2)10-8-14/h7-10,16H,3-6,11-13,18H2,1-2H3. The molecule has 112 valence electrons. The first-order valence-electron chi connectivity index (χ1n) is 7.62. The van der Waals surface area contributed by atoms with Crippen LogP contribution in [-0.4, -0.2) is 25.4 Å². The Labute approximate surface area is 122 Å². The van der Waals surface area contributed by atoms with Crippen LogP contribution in [0.4, 0.5) is 0 Å². The summed E-state index contributed by atoms with van der Waals surface area (Å²) in [5.74, 6) is 0.894. The van der Waals surface area contributed by atoms with Gasteiger partial charge >= 0.3 is 0 Å². The molecular formula is C17H27NO2. The zero-order valence-corrected chi connectivity index (χ0v) is 12.7. The fraction of sp³-hybridized carbons (Fsp3) is 0.647. The largest absolute Gasteiger partial charge is 0.497 e. The highest BCUT2D eigenvalue weighted by Crippen LogP contribution is 2.23. The van der Waals surface area contributed by atoms with Crippen LogP contribution in [0.2, 0.25) is 0 Å². The monoisotopic (exact) mass is 277 g/mol. The van der Waals surface area contributed by atoms with Gasteiger partial charge in [0.1, 0.15) is 5.75 Å². The maximum Gasteiger partial charge on any atom is 0.118 e. The molecule has 0 saturated carbocycles. The number of benzene rings is 1. The zero-order chi connectivity index (χ0) is 14.4. The SMILES string of the molecule is COc1ccc(CC(C)(N)CCCC2CCCO2)cc1. The fourth-order valence-corrected chi connectivity index (χ4v) is 2.90. The highest BCUT2D eigenvalue weighted by Gasteiger charge is 2.21. The first kappa shape index (κ1) is 15.3. The van der Waals surface area contributed by atoms with Crippen molar-refractivity contribution in [2.24, 2.45) is 5.73 Å². The Kier molecular flexibility index (Phi) is 5.44. The summed E-state index contributed by atoms with van der Waals surface area (Å²) in [6, 6.07) is 8.20. The van der Waals surface area contributed by atoms with E-state index in [0.29, 0.717) is 6.10 Å². The second-order valence-corrected chi connectivity index (χ2v) is 6.21. The molecule has 3 heteroatoms. The van der Waals surface area contributed by atoms with Crippen LogP contribution in [0.25, 0.3) is 0 Å². The Morgan fingerprint density at radius 2 is 2.10 bits per heavy atom. The molecule has 1 fully saturated rings. The quantitative estimate of drug-likeness (QED) is 0.831. The molecule has 0 amide bonds. The molecule has 1 aromatic carbocycles. The highest BCUT2D eigenvalue weighted by atomic mass is 16.5. The molecule has 1 aliphatic heterocycles. The first-order valence-corrected chi connectivity index (χ1v) is 7.62. The molecule has 20 heavy (non-hydrogen) atoms. The molecule has 2 atom stereocenters. The normalized spacial score (nSPS) is 21.6. The van der Waals surface area contributed by atoms with Gasteiger partial charge in [-0.1, -0.05) is 12.1 Å². The van der Waals surface area contributed by atoms with Crippen molar-refractivity contribution < 1.29 is 9.47 Å². The predicted molar refractivity (Wildman–Crippen MR) is 82.1 cm³/mol. The maximum absolute atomic E-state index is 6.43. The van der Waals surface area contributed by atoms with E-state index < -0.39 is 0 Å². The van der Waals surface area contributed by atoms with E-state index in [2.05, 4.69) is 19.1 Å². The molecule has 1 saturated heterocycles. The van der Waals surface area contributed by atoms with Crippen LogP contribution in [0.5, 0.6) is 5.75 Å². The summed E-state index contributed by atoms with van der Waals surface area (Å²) >= 11 is 0. The summed E-state index contributed by atoms with van der Waals surface area (Å²) in [5, 5.41) is 0. The second kappa shape index (κ2) is 7.09. The fourth-order valence-electron chi connectivity index (χ4n) is 2.90. The number of rotatable bonds is 7. The van der Waals surface area contributed by atoms with Crippen molar-refractivity contribution in [1.82, 2.24) is 0 Å². The lowest BCUT2D eigenvalue weighted by atomic mass is 9.88. The average Bonchev–Trinajstić information content (AvgIpc) is 2.92. The van der Waals surface area contributed by atoms with Gasteiger partial charge in [-0.15, -0.1) is 0 Å². The molecule has 2 N–H and O–H groups in total. The van der Waals surface area contributed by atoms with Gasteiger partial charge in [-0.25, -0.2) is 0 Å². The van der Waals surface area contributed by atoms with E-state index in [-0.39, 0.29) is 5.54 Å². The maximum atomic E-state index is 6.43. The molecule has 0 bridgehead atoms. The van der Waals surface area contributed by atoms with Crippen molar-refractivity contribution in [2.45, 2.75) is 57.1 Å². The van der Waals surface area contributed by atoms with Crippen LogP contribution in [0.15, 0.2) is 24.3 Å². The number of hydrogen-bond acceptors (Lipinski definition) is 3. The number of methoxy groups -OCH3 is 1. The minimum Gasteiger partial charge on any atom is -0.497 e. The third kappa shape index (κ3) is 4.80. The summed E-state index contributed by atoms with van der Waals surface area (Å²) < 4.78 is 10.8. The van der Waals surface area contributed by atoms with Crippen LogP contribution in [0.1, 0.15) is 44.6 Å². The van der Waals surface area contributed by atoms with Gasteiger partial charge in [-0.3, -0.25) is 0 Å². The van der Waals surface area contributed by atoms with Crippen LogP contribution in [-0.2, 0) is 11.2 Å². The van der Waals surface area contributed by atoms with E-state index in [1.54, 1.807) is 7.11 Å². The van der Waals surface area contributed by atoms with Gasteiger partial charge in [0, 0.05) is 12.1 Å². The topological polar surface area (TPSA) is 44.5 Å². The Hall–Kier alpha value is -1.06. The van der Waals surface area contributed by atoms with Crippen molar-refractivity contribution >= 4 is 0 Å². The molecule has 2 rings (SSSR count). The summed E-state index contributed by atoms with van der Waals surface area (Å²) in [6.45, 7) is 3.09. The van der Waals surface area contributed by atoms with Gasteiger partial charge in [-0.05, 0) is 63.1 Å². The number of ether oxygens (including phenoxy) is 2. The highest BCUT2D eigenvalue weighted by molar-refractivity contribution is 5.28. The summed E-state index contributed by atoms with van der Waals surface area (Å²) in [6.07, 6.45) is 7.16. The van der Waals surface area contributed by atoms with Crippen molar-refractivity contribution in [3.63, 3.8) is 0 Å². The van der Waals surface area contributed by atoms with Crippen molar-refractivity contribution in [3.05, 3.63) is 29.8 Å². The molecule has 0 aromatic heterocycles. The Morgan fingerprint density at radius 1 is 1.35 bits per heavy atom. The van der Waals surface area contributed by atoms with E-state index in [1.165, 1.54) is 18.4 Å². The lowest BCUT2D eigenvalue weighted by Gasteiger charge is -2.25. The van der Waals surface area contributed by atoms with Gasteiger partial charge in [0.2, 0.25) is 0 Å². The average molecular weight is 277 g/mol. The van der Waals surface area contributed by atoms with E-state index in [9.17, 15) is 0 Å². The lowest BCUT2D eigenvalue weighted by Crippen LogP contribution is -2.38. The van der Waals surface area contributed by atoms with E-state index in [4.69, 9.17) is 15.2 Å². The molecule has 0 spiro atoms. The molecule has 0 radical (unpaired) electrons. The van der Waals surface area contributed by atoms with Crippen molar-refractivity contribution in [1.29, 1.82) is 0 Å². The van der Waals surface area contributed by atoms with Crippen LogP contribution in [0.3, 0.4) is 0 Å². The number of hydrogen-bond donors (Lipinski definition) is 1. The van der Waals surface area contributed by atoms with Crippen molar-refractivity contribution in [2.75, 3.05) is 13.7 Å². The van der Waals surface area contributed by atoms with Gasteiger partial charge in [-0.2, -0.15) is 0 Å². The molecule has 1 aromatic rings. The lowest BCUT2D eigenvalue weighted by molar-refractivity contribution is 0.100. The van der Waals surface area contributed by atoms with E-state index in [1.807, 2.05) is 12.1 Å². The number of nitrogens with two attached hydrogens (primary N) is 1. The van der Waals surface area contributed by atoms with Gasteiger partial charge < -0.3 is 15.2 Å². The van der Waals surface area contributed by atoms with Crippen LogP contribution in [0, 0.1) is 0 Å². The van der Waals surface area contributed by atoms with Gasteiger partial charge in [0.25, 0.3) is 0 Å². The molecule has 1 heterocycles. The van der Waals surface area contributed by atoms with Crippen molar-refractivity contribution in [3.8, 4) is 5.75 Å². The molecule has 3 nitrogen and oxygen atoms in total. The Balaban J connectivity index is 1.76. The second-order valence-electron chi connectivity index (χ2n) is 6.21. The molecule has 1 aliphatic rings. The van der Waals surface area contributed by atoms with Crippen LogP contribution < -0.4 is 10.5 Å². The minimum atomic E-state index is -0.146. The Morgan fingerprint density at radius 3 is 2.70 bits per heavy atom. The third-order valence-electron chi connectivity index (χ3n) is 4.06. The third-order valence-corrected chi connectivity index (χ3v) is 4.06. The van der Waals surface area contributed by atoms with Gasteiger partial charge in [0.15, 0.2) is 0 Å². The summed E-state index contributed by atoms with van der Waals surface area (Å²) in [5.41, 5.74) is 7.56. The van der Waals surface area contributed by atoms with E-state index in [0.717, 1.165) is 38.0 Å². The van der Waals surface area contributed by atoms with Crippen LogP contribution >= 0.6 is 0 Å². The van der Waals surface area contributed by atoms with Gasteiger partial charge in [0.05, 0.1) is 13.2 Å². The van der Waals surface area contributed by atoms with E-state index >= 15 is 0 Å².